The minimum Gasteiger partial charge on any atom is -0.493 e. The van der Waals surface area contributed by atoms with Crippen LogP contribution < -0.4 is 14.2 Å². The van der Waals surface area contributed by atoms with Crippen LogP contribution in [0.2, 0.25) is 0 Å². The quantitative estimate of drug-likeness (QED) is 0.419. The number of methoxy groups -OCH3 is 3. The molecule has 0 bridgehead atoms. The van der Waals surface area contributed by atoms with E-state index in [1.807, 2.05) is 54.6 Å². The Morgan fingerprint density at radius 1 is 0.767 bits per heavy atom. The molecule has 0 unspecified atom stereocenters. The minimum absolute atomic E-state index is 0.148. The number of hydrogen-bond acceptors (Lipinski definition) is 5. The topological polar surface area (TPSA) is 57.7 Å². The van der Waals surface area contributed by atoms with E-state index in [2.05, 4.69) is 0 Å². The van der Waals surface area contributed by atoms with Gasteiger partial charge in [0.15, 0.2) is 11.5 Å². The van der Waals surface area contributed by atoms with Crippen molar-refractivity contribution in [2.75, 3.05) is 21.3 Å². The summed E-state index contributed by atoms with van der Waals surface area (Å²) in [6, 6.07) is 22.5. The molecule has 0 amide bonds. The first-order chi connectivity index (χ1) is 14.7. The van der Waals surface area contributed by atoms with Crippen LogP contribution in [0.4, 0.5) is 0 Å². The van der Waals surface area contributed by atoms with E-state index in [4.69, 9.17) is 19.2 Å². The Kier molecular flexibility index (Phi) is 5.35. The molecule has 0 aliphatic carbocycles. The Morgan fingerprint density at radius 2 is 1.40 bits per heavy atom. The van der Waals surface area contributed by atoms with Gasteiger partial charge in [-0.2, -0.15) is 0 Å². The van der Waals surface area contributed by atoms with Crippen LogP contribution in [0.15, 0.2) is 72.8 Å². The highest BCUT2D eigenvalue weighted by Crippen LogP contribution is 2.44. The van der Waals surface area contributed by atoms with Crippen molar-refractivity contribution in [2.24, 2.45) is 0 Å². The Hall–Kier alpha value is -3.86. The first-order valence-electron chi connectivity index (χ1n) is 9.46. The number of carbonyl (C=O) groups is 1. The summed E-state index contributed by atoms with van der Waals surface area (Å²) in [5.41, 5.74) is 3.15. The molecule has 4 aromatic rings. The molecule has 0 atom stereocenters. The van der Waals surface area contributed by atoms with Crippen molar-refractivity contribution in [1.82, 2.24) is 4.98 Å². The third-order valence-electron chi connectivity index (χ3n) is 4.96. The van der Waals surface area contributed by atoms with Gasteiger partial charge in [-0.05, 0) is 11.6 Å². The van der Waals surface area contributed by atoms with E-state index in [1.165, 1.54) is 0 Å². The van der Waals surface area contributed by atoms with Crippen molar-refractivity contribution in [3.63, 3.8) is 0 Å². The van der Waals surface area contributed by atoms with Crippen LogP contribution in [-0.4, -0.2) is 32.1 Å². The molecule has 0 fully saturated rings. The molecular formula is C25H21NO4. The molecule has 5 heteroatoms. The van der Waals surface area contributed by atoms with Gasteiger partial charge in [0, 0.05) is 22.6 Å². The minimum atomic E-state index is -0.148. The van der Waals surface area contributed by atoms with Crippen molar-refractivity contribution in [3.05, 3.63) is 84.1 Å². The maximum Gasteiger partial charge on any atom is 0.212 e. The van der Waals surface area contributed by atoms with Crippen molar-refractivity contribution < 1.29 is 19.0 Å². The lowest BCUT2D eigenvalue weighted by Crippen LogP contribution is -2.07. The van der Waals surface area contributed by atoms with Gasteiger partial charge in [0.05, 0.1) is 26.8 Å². The van der Waals surface area contributed by atoms with Crippen LogP contribution in [0.3, 0.4) is 0 Å². The summed E-state index contributed by atoms with van der Waals surface area (Å²) in [5, 5.41) is 0.735. The van der Waals surface area contributed by atoms with Gasteiger partial charge < -0.3 is 14.2 Å². The number of benzene rings is 3. The summed E-state index contributed by atoms with van der Waals surface area (Å²) in [5.74, 6) is 1.33. The van der Waals surface area contributed by atoms with E-state index in [-0.39, 0.29) is 5.78 Å². The molecule has 5 nitrogen and oxygen atoms in total. The summed E-state index contributed by atoms with van der Waals surface area (Å²) < 4.78 is 16.6. The summed E-state index contributed by atoms with van der Waals surface area (Å²) >= 11 is 0. The number of carbonyl (C=O) groups excluding carboxylic acids is 1. The number of ether oxygens (including phenoxy) is 3. The molecule has 0 aliphatic heterocycles. The molecule has 4 rings (SSSR count). The number of hydrogen-bond donors (Lipinski definition) is 0. The van der Waals surface area contributed by atoms with E-state index in [9.17, 15) is 4.79 Å². The molecule has 0 spiro atoms. The average Bonchev–Trinajstić information content (AvgIpc) is 2.82. The number of aromatic nitrogens is 1. The van der Waals surface area contributed by atoms with Crippen LogP contribution in [-0.2, 0) is 0 Å². The number of rotatable bonds is 6. The lowest BCUT2D eigenvalue weighted by Gasteiger charge is -2.17. The molecule has 30 heavy (non-hydrogen) atoms. The van der Waals surface area contributed by atoms with Crippen molar-refractivity contribution in [2.45, 2.75) is 0 Å². The van der Waals surface area contributed by atoms with E-state index in [1.54, 1.807) is 39.5 Å². The molecule has 0 N–H and O–H groups in total. The smallest absolute Gasteiger partial charge is 0.212 e. The fourth-order valence-corrected chi connectivity index (χ4v) is 3.53. The molecule has 0 saturated heterocycles. The normalized spacial score (nSPS) is 10.6. The molecule has 150 valence electrons. The zero-order chi connectivity index (χ0) is 21.1. The zero-order valence-electron chi connectivity index (χ0n) is 17.0. The van der Waals surface area contributed by atoms with Gasteiger partial charge in [-0.1, -0.05) is 60.7 Å². The number of ketones is 1. The summed E-state index contributed by atoms with van der Waals surface area (Å²) in [7, 11) is 4.69. The van der Waals surface area contributed by atoms with Gasteiger partial charge in [-0.25, -0.2) is 4.98 Å². The first-order valence-corrected chi connectivity index (χ1v) is 9.46. The summed E-state index contributed by atoms with van der Waals surface area (Å²) in [4.78, 5) is 18.1. The fraction of sp³-hybridized carbons (Fsp3) is 0.120. The zero-order valence-corrected chi connectivity index (χ0v) is 17.0. The molecule has 0 radical (unpaired) electrons. The molecule has 3 aromatic carbocycles. The van der Waals surface area contributed by atoms with Crippen molar-refractivity contribution in [3.8, 4) is 28.4 Å². The monoisotopic (exact) mass is 399 g/mol. The third-order valence-corrected chi connectivity index (χ3v) is 4.96. The lowest BCUT2D eigenvalue weighted by atomic mass is 9.96. The van der Waals surface area contributed by atoms with Gasteiger partial charge in [-0.3, -0.25) is 4.79 Å². The van der Waals surface area contributed by atoms with Crippen LogP contribution in [0.5, 0.6) is 17.2 Å². The van der Waals surface area contributed by atoms with Crippen molar-refractivity contribution in [1.29, 1.82) is 0 Å². The van der Waals surface area contributed by atoms with Crippen LogP contribution in [0, 0.1) is 0 Å². The van der Waals surface area contributed by atoms with Crippen LogP contribution >= 0.6 is 0 Å². The first kappa shape index (κ1) is 19.5. The number of pyridine rings is 1. The van der Waals surface area contributed by atoms with E-state index in [0.717, 1.165) is 16.5 Å². The Balaban J connectivity index is 2.05. The predicted octanol–water partition coefficient (Wildman–Crippen LogP) is 5.16. The van der Waals surface area contributed by atoms with Gasteiger partial charge in [0.2, 0.25) is 11.5 Å². The second kappa shape index (κ2) is 8.25. The average molecular weight is 399 g/mol. The van der Waals surface area contributed by atoms with Gasteiger partial charge in [0.25, 0.3) is 0 Å². The fourth-order valence-electron chi connectivity index (χ4n) is 3.53. The number of nitrogens with zero attached hydrogens (tertiary/aromatic N) is 1. The maximum atomic E-state index is 13.4. The second-order valence-electron chi connectivity index (χ2n) is 6.66. The van der Waals surface area contributed by atoms with E-state index < -0.39 is 0 Å². The number of fused-ring (bicyclic) bond motifs is 1. The van der Waals surface area contributed by atoms with Gasteiger partial charge >= 0.3 is 0 Å². The largest absolute Gasteiger partial charge is 0.493 e. The van der Waals surface area contributed by atoms with Crippen molar-refractivity contribution >= 4 is 16.7 Å². The Labute approximate surface area is 174 Å². The second-order valence-corrected chi connectivity index (χ2v) is 6.66. The highest BCUT2D eigenvalue weighted by molar-refractivity contribution is 6.13. The highest BCUT2D eigenvalue weighted by Gasteiger charge is 2.22. The molecule has 0 aliphatic rings. The molecule has 0 saturated carbocycles. The Bertz CT molecular complexity index is 1200. The summed E-state index contributed by atoms with van der Waals surface area (Å²) in [6.07, 6.45) is 0. The van der Waals surface area contributed by atoms with Crippen LogP contribution in [0.25, 0.3) is 22.0 Å². The van der Waals surface area contributed by atoms with E-state index >= 15 is 0 Å². The third kappa shape index (κ3) is 3.35. The Morgan fingerprint density at radius 3 is 2.00 bits per heavy atom. The highest BCUT2D eigenvalue weighted by atomic mass is 16.5. The van der Waals surface area contributed by atoms with Gasteiger partial charge in [-0.15, -0.1) is 0 Å². The van der Waals surface area contributed by atoms with E-state index in [0.29, 0.717) is 34.0 Å². The molecular weight excluding hydrogens is 378 g/mol. The predicted molar refractivity (Wildman–Crippen MR) is 117 cm³/mol. The molecule has 1 heterocycles. The lowest BCUT2D eigenvalue weighted by molar-refractivity contribution is 0.103. The molecule has 1 aromatic heterocycles. The standard InChI is InChI=1S/C25H21NO4/c1-28-21-15-20-19(24(29-2)25(21)30-3)14-18(16-10-6-4-7-11-16)22(26-20)23(27)17-12-8-5-9-13-17/h4-15H,1-3H3. The van der Waals surface area contributed by atoms with Crippen LogP contribution in [0.1, 0.15) is 16.1 Å². The SMILES string of the molecule is COc1cc2nc(C(=O)c3ccccc3)c(-c3ccccc3)cc2c(OC)c1OC. The van der Waals surface area contributed by atoms with Gasteiger partial charge in [0.1, 0.15) is 5.69 Å². The maximum absolute atomic E-state index is 13.4. The summed E-state index contributed by atoms with van der Waals surface area (Å²) in [6.45, 7) is 0.